The lowest BCUT2D eigenvalue weighted by molar-refractivity contribution is -0.141. The number of carboxylic acid groups (broad SMARTS) is 1. The van der Waals surface area contributed by atoms with Gasteiger partial charge in [-0.15, -0.1) is 0 Å². The summed E-state index contributed by atoms with van der Waals surface area (Å²) in [5, 5.41) is 8.79. The highest BCUT2D eigenvalue weighted by Crippen LogP contribution is 2.13. The Balaban J connectivity index is 2.51. The van der Waals surface area contributed by atoms with Crippen molar-refractivity contribution in [3.8, 4) is 0 Å². The van der Waals surface area contributed by atoms with Crippen molar-refractivity contribution in [2.24, 2.45) is 5.92 Å². The number of benzene rings is 1. The van der Waals surface area contributed by atoms with Gasteiger partial charge < -0.3 is 5.11 Å². The van der Waals surface area contributed by atoms with E-state index >= 15 is 0 Å². The maximum absolute atomic E-state index is 12.2. The molecule has 1 rings (SSSR count). The maximum atomic E-state index is 12.2. The van der Waals surface area contributed by atoms with Crippen LogP contribution >= 0.6 is 0 Å². The van der Waals surface area contributed by atoms with Crippen LogP contribution in [0.25, 0.3) is 0 Å². The summed E-state index contributed by atoms with van der Waals surface area (Å²) in [6.07, 6.45) is 1.83. The molecular formula is C15H23NO4S. The van der Waals surface area contributed by atoms with Crippen molar-refractivity contribution < 1.29 is 18.3 Å². The first-order valence-corrected chi connectivity index (χ1v) is 8.52. The van der Waals surface area contributed by atoms with Gasteiger partial charge in [0, 0.05) is 6.04 Å². The molecule has 0 saturated heterocycles. The molecule has 0 aliphatic rings. The number of sulfonamides is 1. The third-order valence-electron chi connectivity index (χ3n) is 3.38. The Kier molecular flexibility index (Phi) is 6.36. The van der Waals surface area contributed by atoms with Gasteiger partial charge in [-0.2, -0.15) is 0 Å². The van der Waals surface area contributed by atoms with Gasteiger partial charge in [0.05, 0.1) is 10.8 Å². The summed E-state index contributed by atoms with van der Waals surface area (Å²) >= 11 is 0. The minimum absolute atomic E-state index is 0.225. The van der Waals surface area contributed by atoms with E-state index in [1.54, 1.807) is 38.1 Å². The highest BCUT2D eigenvalue weighted by molar-refractivity contribution is 7.89. The fourth-order valence-electron chi connectivity index (χ4n) is 1.96. The fraction of sp³-hybridized carbons (Fsp3) is 0.533. The SMILES string of the molecule is Cc1ccc(S(=O)(=O)NC(C)CCCC(C)C(=O)O)cc1. The number of hydrogen-bond acceptors (Lipinski definition) is 3. The molecule has 0 aliphatic heterocycles. The monoisotopic (exact) mass is 313 g/mol. The first-order valence-electron chi connectivity index (χ1n) is 7.04. The molecule has 0 bridgehead atoms. The van der Waals surface area contributed by atoms with Crippen LogP contribution in [0.2, 0.25) is 0 Å². The van der Waals surface area contributed by atoms with Crippen LogP contribution in [0.5, 0.6) is 0 Å². The van der Waals surface area contributed by atoms with Crippen LogP contribution < -0.4 is 4.72 Å². The molecule has 1 aromatic carbocycles. The van der Waals surface area contributed by atoms with Crippen LogP contribution in [-0.4, -0.2) is 25.5 Å². The van der Waals surface area contributed by atoms with Crippen molar-refractivity contribution in [1.29, 1.82) is 0 Å². The van der Waals surface area contributed by atoms with Gasteiger partial charge >= 0.3 is 5.97 Å². The molecule has 0 fully saturated rings. The second-order valence-electron chi connectivity index (χ2n) is 5.51. The summed E-state index contributed by atoms with van der Waals surface area (Å²) < 4.78 is 26.9. The van der Waals surface area contributed by atoms with Crippen LogP contribution in [-0.2, 0) is 14.8 Å². The van der Waals surface area contributed by atoms with Crippen molar-refractivity contribution in [1.82, 2.24) is 4.72 Å². The van der Waals surface area contributed by atoms with Gasteiger partial charge in [-0.3, -0.25) is 4.79 Å². The van der Waals surface area contributed by atoms with Gasteiger partial charge in [-0.25, -0.2) is 13.1 Å². The number of aliphatic carboxylic acids is 1. The Hall–Kier alpha value is -1.40. The lowest BCUT2D eigenvalue weighted by atomic mass is 10.0. The number of hydrogen-bond donors (Lipinski definition) is 2. The average molecular weight is 313 g/mol. The lowest BCUT2D eigenvalue weighted by Crippen LogP contribution is -2.32. The summed E-state index contributed by atoms with van der Waals surface area (Å²) in [4.78, 5) is 11.0. The molecule has 118 valence electrons. The predicted molar refractivity (Wildman–Crippen MR) is 81.6 cm³/mol. The molecule has 5 nitrogen and oxygen atoms in total. The number of nitrogens with one attached hydrogen (secondary N) is 1. The molecule has 0 saturated carbocycles. The van der Waals surface area contributed by atoms with Crippen LogP contribution in [0.3, 0.4) is 0 Å². The van der Waals surface area contributed by atoms with Gasteiger partial charge in [0.15, 0.2) is 0 Å². The van der Waals surface area contributed by atoms with E-state index in [1.807, 2.05) is 6.92 Å². The minimum Gasteiger partial charge on any atom is -0.481 e. The first-order chi connectivity index (χ1) is 9.72. The number of rotatable bonds is 8. The Labute approximate surface area is 126 Å². The third-order valence-corrected chi connectivity index (χ3v) is 4.99. The maximum Gasteiger partial charge on any atom is 0.306 e. The second kappa shape index (κ2) is 7.56. The molecule has 0 radical (unpaired) electrons. The molecule has 2 unspecified atom stereocenters. The molecule has 2 N–H and O–H groups in total. The summed E-state index contributed by atoms with van der Waals surface area (Å²) in [6.45, 7) is 5.34. The quantitative estimate of drug-likeness (QED) is 0.772. The predicted octanol–water partition coefficient (Wildman–Crippen LogP) is 2.55. The number of aryl methyl sites for hydroxylation is 1. The van der Waals surface area contributed by atoms with Gasteiger partial charge in [-0.1, -0.05) is 31.0 Å². The zero-order valence-electron chi connectivity index (χ0n) is 12.7. The molecule has 2 atom stereocenters. The van der Waals surface area contributed by atoms with Gasteiger partial charge in [-0.05, 0) is 38.8 Å². The van der Waals surface area contributed by atoms with Crippen LogP contribution in [0.15, 0.2) is 29.2 Å². The molecule has 0 aromatic heterocycles. The topological polar surface area (TPSA) is 83.5 Å². The fourth-order valence-corrected chi connectivity index (χ4v) is 3.24. The van der Waals surface area contributed by atoms with Crippen molar-refractivity contribution >= 4 is 16.0 Å². The van der Waals surface area contributed by atoms with Gasteiger partial charge in [0.2, 0.25) is 10.0 Å². The van der Waals surface area contributed by atoms with E-state index < -0.39 is 21.9 Å². The Morgan fingerprint density at radius 3 is 2.29 bits per heavy atom. The molecule has 6 heteroatoms. The van der Waals surface area contributed by atoms with E-state index in [-0.39, 0.29) is 10.9 Å². The lowest BCUT2D eigenvalue weighted by Gasteiger charge is -2.15. The van der Waals surface area contributed by atoms with Gasteiger partial charge in [0.1, 0.15) is 0 Å². The van der Waals surface area contributed by atoms with E-state index in [4.69, 9.17) is 5.11 Å². The van der Waals surface area contributed by atoms with Crippen LogP contribution in [0.4, 0.5) is 0 Å². The first kappa shape index (κ1) is 17.7. The zero-order chi connectivity index (χ0) is 16.0. The van der Waals surface area contributed by atoms with E-state index in [1.165, 1.54) is 0 Å². The molecular weight excluding hydrogens is 290 g/mol. The van der Waals surface area contributed by atoms with Gasteiger partial charge in [0.25, 0.3) is 0 Å². The second-order valence-corrected chi connectivity index (χ2v) is 7.22. The highest BCUT2D eigenvalue weighted by atomic mass is 32.2. The normalized spacial score (nSPS) is 14.6. The van der Waals surface area contributed by atoms with E-state index in [0.717, 1.165) is 5.56 Å². The van der Waals surface area contributed by atoms with Crippen LogP contribution in [0.1, 0.15) is 38.7 Å². The van der Waals surface area contributed by atoms with E-state index in [0.29, 0.717) is 19.3 Å². The zero-order valence-corrected chi connectivity index (χ0v) is 13.5. The van der Waals surface area contributed by atoms with Crippen molar-refractivity contribution in [3.63, 3.8) is 0 Å². The smallest absolute Gasteiger partial charge is 0.306 e. The number of carboxylic acids is 1. The summed E-state index contributed by atoms with van der Waals surface area (Å²) in [5.41, 5.74) is 1.00. The summed E-state index contributed by atoms with van der Waals surface area (Å²) in [7, 11) is -3.51. The van der Waals surface area contributed by atoms with E-state index in [2.05, 4.69) is 4.72 Å². The summed E-state index contributed by atoms with van der Waals surface area (Å²) in [6, 6.07) is 6.45. The average Bonchev–Trinajstić information content (AvgIpc) is 2.38. The molecule has 0 amide bonds. The molecule has 0 spiro atoms. The Morgan fingerprint density at radius 2 is 1.76 bits per heavy atom. The minimum atomic E-state index is -3.51. The number of carbonyl (C=O) groups is 1. The molecule has 0 aliphatic carbocycles. The largest absolute Gasteiger partial charge is 0.481 e. The summed E-state index contributed by atoms with van der Waals surface area (Å²) in [5.74, 6) is -1.21. The van der Waals surface area contributed by atoms with Crippen LogP contribution in [0, 0.1) is 12.8 Å². The van der Waals surface area contributed by atoms with E-state index in [9.17, 15) is 13.2 Å². The molecule has 1 aromatic rings. The Bertz CT molecular complexity index is 566. The van der Waals surface area contributed by atoms with Crippen molar-refractivity contribution in [2.75, 3.05) is 0 Å². The highest BCUT2D eigenvalue weighted by Gasteiger charge is 2.17. The Morgan fingerprint density at radius 1 is 1.19 bits per heavy atom. The third kappa shape index (κ3) is 5.85. The van der Waals surface area contributed by atoms with Crippen molar-refractivity contribution in [2.45, 2.75) is 51.0 Å². The molecule has 21 heavy (non-hydrogen) atoms. The molecule has 0 heterocycles. The van der Waals surface area contributed by atoms with Crippen molar-refractivity contribution in [3.05, 3.63) is 29.8 Å². The standard InChI is InChI=1S/C15H23NO4S/c1-11-7-9-14(10-8-11)21(19,20)16-13(3)6-4-5-12(2)15(17)18/h7-10,12-13,16H,4-6H2,1-3H3,(H,17,18).